The van der Waals surface area contributed by atoms with Crippen molar-refractivity contribution >= 4 is 0 Å². The summed E-state index contributed by atoms with van der Waals surface area (Å²) in [6, 6.07) is 5.56. The van der Waals surface area contributed by atoms with E-state index in [1.165, 1.54) is 12.8 Å². The lowest BCUT2D eigenvalue weighted by Gasteiger charge is -2.33. The molecule has 1 fully saturated rings. The predicted octanol–water partition coefficient (Wildman–Crippen LogP) is 3.90. The van der Waals surface area contributed by atoms with Crippen molar-refractivity contribution < 1.29 is 19.3 Å². The van der Waals surface area contributed by atoms with Crippen molar-refractivity contribution in [2.24, 2.45) is 5.92 Å². The minimum Gasteiger partial charge on any atom is -0.504 e. The summed E-state index contributed by atoms with van der Waals surface area (Å²) in [5, 5.41) is 9.90. The van der Waals surface area contributed by atoms with Crippen LogP contribution < -0.4 is 4.74 Å². The van der Waals surface area contributed by atoms with Gasteiger partial charge in [0.25, 0.3) is 0 Å². The zero-order valence-corrected chi connectivity index (χ0v) is 14.0. The summed E-state index contributed by atoms with van der Waals surface area (Å²) in [6.45, 7) is 0. The van der Waals surface area contributed by atoms with Crippen molar-refractivity contribution in [1.82, 2.24) is 0 Å². The molecule has 3 rings (SSSR count). The Hall–Kier alpha value is -2.10. The van der Waals surface area contributed by atoms with Gasteiger partial charge in [-0.25, -0.2) is 0 Å². The minimum atomic E-state index is -0.281. The van der Waals surface area contributed by atoms with E-state index >= 15 is 0 Å². The third kappa shape index (κ3) is 3.16. The molecule has 1 aromatic rings. The Kier molecular flexibility index (Phi) is 4.24. The van der Waals surface area contributed by atoms with E-state index in [1.807, 2.05) is 12.1 Å². The van der Waals surface area contributed by atoms with Crippen LogP contribution >= 0.6 is 0 Å². The Bertz CT molecular complexity index is 621. The first-order valence-corrected chi connectivity index (χ1v) is 7.99. The molecule has 0 aliphatic heterocycles. The number of rotatable bonds is 6. The molecule has 0 aromatic heterocycles. The minimum absolute atomic E-state index is 0.153. The van der Waals surface area contributed by atoms with Gasteiger partial charge in [0.2, 0.25) is 0 Å². The molecule has 1 saturated carbocycles. The molecule has 0 atom stereocenters. The van der Waals surface area contributed by atoms with Gasteiger partial charge in [-0.15, -0.1) is 0 Å². The second-order valence-corrected chi connectivity index (χ2v) is 6.38. The first-order valence-electron chi connectivity index (χ1n) is 7.99. The van der Waals surface area contributed by atoms with Crippen LogP contribution in [0.2, 0.25) is 0 Å². The lowest BCUT2D eigenvalue weighted by Crippen LogP contribution is -2.26. The lowest BCUT2D eigenvalue weighted by atomic mass is 9.72. The van der Waals surface area contributed by atoms with E-state index in [1.54, 1.807) is 27.4 Å². The highest BCUT2D eigenvalue weighted by atomic mass is 16.5. The van der Waals surface area contributed by atoms with Gasteiger partial charge < -0.3 is 19.3 Å². The molecule has 23 heavy (non-hydrogen) atoms. The van der Waals surface area contributed by atoms with Gasteiger partial charge in [-0.1, -0.05) is 18.9 Å². The normalized spacial score (nSPS) is 19.6. The zero-order valence-electron chi connectivity index (χ0n) is 14.0. The highest BCUT2D eigenvalue weighted by molar-refractivity contribution is 5.49. The van der Waals surface area contributed by atoms with Crippen LogP contribution in [0, 0.1) is 5.92 Å². The number of ether oxygens (including phenoxy) is 3. The number of hydrogen-bond acceptors (Lipinski definition) is 4. The van der Waals surface area contributed by atoms with E-state index in [2.05, 4.69) is 12.2 Å². The summed E-state index contributed by atoms with van der Waals surface area (Å²) >= 11 is 0. The van der Waals surface area contributed by atoms with Gasteiger partial charge in [-0.3, -0.25) is 0 Å². The van der Waals surface area contributed by atoms with E-state index in [9.17, 15) is 5.11 Å². The van der Waals surface area contributed by atoms with E-state index < -0.39 is 0 Å². The number of phenolic OH excluding ortho intramolecular Hbond substituents is 1. The maximum atomic E-state index is 9.90. The number of benzene rings is 1. The van der Waals surface area contributed by atoms with Crippen LogP contribution in [0.15, 0.2) is 41.9 Å². The monoisotopic (exact) mass is 316 g/mol. The van der Waals surface area contributed by atoms with Crippen molar-refractivity contribution in [2.75, 3.05) is 21.3 Å². The maximum absolute atomic E-state index is 9.90. The Balaban J connectivity index is 2.10. The van der Waals surface area contributed by atoms with Crippen molar-refractivity contribution in [2.45, 2.75) is 31.1 Å². The molecule has 2 aliphatic rings. The molecule has 124 valence electrons. The fourth-order valence-corrected chi connectivity index (χ4v) is 3.32. The first-order chi connectivity index (χ1) is 11.1. The molecule has 2 aliphatic carbocycles. The SMILES string of the molecule is COC1=CC(CC2CC2)(c2ccc(O)c(OC)c2)C=C(OC)C1. The Morgan fingerprint density at radius 2 is 1.70 bits per heavy atom. The molecular formula is C19H24O4. The van der Waals surface area contributed by atoms with Crippen LogP contribution in [0.25, 0.3) is 0 Å². The molecule has 0 amide bonds. The number of allylic oxidation sites excluding steroid dienone is 2. The van der Waals surface area contributed by atoms with Gasteiger partial charge in [0.05, 0.1) is 27.8 Å². The van der Waals surface area contributed by atoms with Crippen molar-refractivity contribution in [1.29, 1.82) is 0 Å². The molecule has 1 N–H and O–H groups in total. The van der Waals surface area contributed by atoms with Gasteiger partial charge >= 0.3 is 0 Å². The molecule has 4 nitrogen and oxygen atoms in total. The van der Waals surface area contributed by atoms with Gasteiger partial charge in [0.15, 0.2) is 11.5 Å². The average Bonchev–Trinajstić information content (AvgIpc) is 3.38. The second-order valence-electron chi connectivity index (χ2n) is 6.38. The van der Waals surface area contributed by atoms with Gasteiger partial charge in [-0.05, 0) is 42.2 Å². The highest BCUT2D eigenvalue weighted by Crippen LogP contribution is 2.48. The Morgan fingerprint density at radius 1 is 1.04 bits per heavy atom. The number of phenols is 1. The smallest absolute Gasteiger partial charge is 0.160 e. The summed E-state index contributed by atoms with van der Waals surface area (Å²) in [6.07, 6.45) is 8.61. The molecule has 0 saturated heterocycles. The summed E-state index contributed by atoms with van der Waals surface area (Å²) in [5.41, 5.74) is 0.805. The number of methoxy groups -OCH3 is 3. The van der Waals surface area contributed by atoms with Crippen molar-refractivity contribution in [3.8, 4) is 11.5 Å². The molecular weight excluding hydrogens is 292 g/mol. The predicted molar refractivity (Wildman–Crippen MR) is 88.5 cm³/mol. The van der Waals surface area contributed by atoms with E-state index in [0.717, 1.165) is 29.4 Å². The molecule has 0 heterocycles. The molecule has 0 unspecified atom stereocenters. The first kappa shape index (κ1) is 15.8. The molecule has 4 heteroatoms. The maximum Gasteiger partial charge on any atom is 0.160 e. The van der Waals surface area contributed by atoms with Crippen LogP contribution in [-0.4, -0.2) is 26.4 Å². The standard InChI is InChI=1S/C19H24O4/c1-21-15-9-16(22-2)12-19(11-15,10-13-4-5-13)14-6-7-17(20)18(8-14)23-3/h6-8,11-13,20H,4-5,9-10H2,1-3H3. The van der Waals surface area contributed by atoms with Gasteiger partial charge in [0, 0.05) is 5.41 Å². The topological polar surface area (TPSA) is 47.9 Å². The third-order valence-electron chi connectivity index (χ3n) is 4.75. The molecule has 1 aromatic carbocycles. The largest absolute Gasteiger partial charge is 0.504 e. The van der Waals surface area contributed by atoms with E-state index in [0.29, 0.717) is 12.2 Å². The second kappa shape index (κ2) is 6.19. The van der Waals surface area contributed by atoms with Gasteiger partial charge in [-0.2, -0.15) is 0 Å². The fraction of sp³-hybridized carbons (Fsp3) is 0.474. The van der Waals surface area contributed by atoms with Gasteiger partial charge in [0.1, 0.15) is 11.5 Å². The fourth-order valence-electron chi connectivity index (χ4n) is 3.32. The Labute approximate surface area is 137 Å². The van der Waals surface area contributed by atoms with E-state index in [-0.39, 0.29) is 11.2 Å². The zero-order chi connectivity index (χ0) is 16.4. The van der Waals surface area contributed by atoms with Crippen LogP contribution in [-0.2, 0) is 14.9 Å². The quantitative estimate of drug-likeness (QED) is 0.864. The average molecular weight is 316 g/mol. The van der Waals surface area contributed by atoms with Crippen molar-refractivity contribution in [3.63, 3.8) is 0 Å². The summed E-state index contributed by atoms with van der Waals surface area (Å²) < 4.78 is 16.4. The van der Waals surface area contributed by atoms with E-state index in [4.69, 9.17) is 14.2 Å². The molecule has 0 spiro atoms. The van der Waals surface area contributed by atoms with Crippen molar-refractivity contribution in [3.05, 3.63) is 47.4 Å². The third-order valence-corrected chi connectivity index (χ3v) is 4.75. The van der Waals surface area contributed by atoms with Crippen LogP contribution in [0.5, 0.6) is 11.5 Å². The highest BCUT2D eigenvalue weighted by Gasteiger charge is 2.39. The summed E-state index contributed by atoms with van der Waals surface area (Å²) in [5.74, 6) is 3.19. The Morgan fingerprint density at radius 3 is 2.22 bits per heavy atom. The molecule has 0 radical (unpaired) electrons. The lowest BCUT2D eigenvalue weighted by molar-refractivity contribution is 0.224. The number of aromatic hydroxyl groups is 1. The van der Waals surface area contributed by atoms with Crippen LogP contribution in [0.3, 0.4) is 0 Å². The van der Waals surface area contributed by atoms with Crippen LogP contribution in [0.1, 0.15) is 31.2 Å². The summed E-state index contributed by atoms with van der Waals surface area (Å²) in [4.78, 5) is 0. The van der Waals surface area contributed by atoms with Crippen LogP contribution in [0.4, 0.5) is 0 Å². The summed E-state index contributed by atoms with van der Waals surface area (Å²) in [7, 11) is 4.97. The number of hydrogen-bond donors (Lipinski definition) is 1. The molecule has 0 bridgehead atoms.